The van der Waals surface area contributed by atoms with Crippen LogP contribution in [0.1, 0.15) is 72.1 Å². The monoisotopic (exact) mass is 530 g/mol. The summed E-state index contributed by atoms with van der Waals surface area (Å²) < 4.78 is 38.0. The number of aliphatic hydroxyl groups excluding tert-OH is 2. The van der Waals surface area contributed by atoms with Crippen LogP contribution < -0.4 is 64.2 Å². The summed E-state index contributed by atoms with van der Waals surface area (Å²) in [4.78, 5) is 11.0. The van der Waals surface area contributed by atoms with Gasteiger partial charge in [0, 0.05) is 5.97 Å². The van der Waals surface area contributed by atoms with Crippen LogP contribution in [0.25, 0.3) is 0 Å². The number of carboxylic acid groups (broad SMARTS) is 1. The third kappa shape index (κ3) is 5.96. The van der Waals surface area contributed by atoms with Gasteiger partial charge in [-0.25, -0.2) is 8.42 Å². The van der Waals surface area contributed by atoms with Gasteiger partial charge in [0.25, 0.3) is 0 Å². The second-order valence-corrected chi connectivity index (χ2v) is 12.5. The molecule has 3 fully saturated rings. The molecule has 188 valence electrons. The maximum Gasteiger partial charge on any atom is 1.00 e. The van der Waals surface area contributed by atoms with E-state index in [1.807, 2.05) is 6.08 Å². The summed E-state index contributed by atoms with van der Waals surface area (Å²) in [5.74, 6) is -0.609. The fraction of sp³-hybridized carbons (Fsp3) is 0.875. The quantitative estimate of drug-likeness (QED) is 0.151. The van der Waals surface area contributed by atoms with Crippen LogP contribution in [-0.2, 0) is 19.4 Å². The van der Waals surface area contributed by atoms with Crippen molar-refractivity contribution in [2.45, 2.75) is 90.4 Å². The van der Waals surface area contributed by atoms with E-state index in [-0.39, 0.29) is 101 Å². The standard InChI is InChI=1S/C24H38O8S.2Na/c1-13(4-7-21(27)28)16-5-6-17-22-18(12-20(26)24(16,17)3)23(2)9-8-15(32-33(29,30)31)10-14(23)11-19(22)25;;/h11,13,15-20,22,25-26H,4-10,12H2,1-3H3,(H,27,28)(H,29,30,31);;/q;2*+1/p-2/t13-,15+,16-,17+,18+,19-,20+,22+,23+,24-;;/m1../s1. The molecule has 0 aromatic rings. The zero-order chi connectivity index (χ0) is 24.3. The predicted molar refractivity (Wildman–Crippen MR) is 116 cm³/mol. The Hall–Kier alpha value is 1.000. The van der Waals surface area contributed by atoms with Crippen molar-refractivity contribution in [1.82, 2.24) is 0 Å². The van der Waals surface area contributed by atoms with Crippen molar-refractivity contribution in [2.75, 3.05) is 0 Å². The second kappa shape index (κ2) is 11.6. The number of carbonyl (C=O) groups is 1. The summed E-state index contributed by atoms with van der Waals surface area (Å²) in [5.41, 5.74) is 0.229. The molecule has 4 rings (SSSR count). The Bertz CT molecular complexity index is 926. The number of aliphatic carboxylic acids is 1. The summed E-state index contributed by atoms with van der Waals surface area (Å²) in [5, 5.41) is 33.7. The van der Waals surface area contributed by atoms with Crippen molar-refractivity contribution in [2.24, 2.45) is 40.4 Å². The van der Waals surface area contributed by atoms with Crippen LogP contribution in [0, 0.1) is 40.4 Å². The molecular formula is C24H36Na2O8S. The molecule has 11 heteroatoms. The summed E-state index contributed by atoms with van der Waals surface area (Å²) >= 11 is 0. The molecule has 0 bridgehead atoms. The van der Waals surface area contributed by atoms with Gasteiger partial charge in [-0.05, 0) is 91.8 Å². The molecule has 4 aliphatic carbocycles. The molecule has 8 nitrogen and oxygen atoms in total. The molecule has 4 aliphatic rings. The van der Waals surface area contributed by atoms with Gasteiger partial charge in [0.2, 0.25) is 10.4 Å². The Labute approximate surface area is 253 Å². The molecule has 0 radical (unpaired) electrons. The van der Waals surface area contributed by atoms with E-state index in [1.165, 1.54) is 0 Å². The maximum atomic E-state index is 11.5. The Morgan fingerprint density at radius 1 is 1.20 bits per heavy atom. The molecule has 0 saturated heterocycles. The van der Waals surface area contributed by atoms with Crippen molar-refractivity contribution in [1.29, 1.82) is 0 Å². The average molecular weight is 531 g/mol. The Balaban J connectivity index is 0.00000216. The van der Waals surface area contributed by atoms with Gasteiger partial charge in [0.1, 0.15) is 0 Å². The van der Waals surface area contributed by atoms with Crippen molar-refractivity contribution >= 4 is 16.4 Å². The summed E-state index contributed by atoms with van der Waals surface area (Å²) in [6.45, 7) is 6.31. The van der Waals surface area contributed by atoms with Crippen LogP contribution in [0.3, 0.4) is 0 Å². The Morgan fingerprint density at radius 2 is 1.86 bits per heavy atom. The molecule has 0 heterocycles. The fourth-order valence-electron chi connectivity index (χ4n) is 8.34. The van der Waals surface area contributed by atoms with E-state index in [1.54, 1.807) is 0 Å². The van der Waals surface area contributed by atoms with Crippen molar-refractivity contribution in [3.05, 3.63) is 11.6 Å². The van der Waals surface area contributed by atoms with E-state index in [9.17, 15) is 33.1 Å². The van der Waals surface area contributed by atoms with E-state index in [0.29, 0.717) is 32.1 Å². The van der Waals surface area contributed by atoms with Gasteiger partial charge in [-0.1, -0.05) is 32.4 Å². The molecule has 2 N–H and O–H groups in total. The van der Waals surface area contributed by atoms with Crippen LogP contribution in [0.4, 0.5) is 0 Å². The van der Waals surface area contributed by atoms with Gasteiger partial charge in [-0.2, -0.15) is 0 Å². The van der Waals surface area contributed by atoms with Crippen LogP contribution >= 0.6 is 0 Å². The molecule has 0 spiro atoms. The van der Waals surface area contributed by atoms with Gasteiger partial charge in [-0.15, -0.1) is 0 Å². The smallest absolute Gasteiger partial charge is 0.726 e. The Kier molecular flexibility index (Phi) is 10.7. The maximum absolute atomic E-state index is 11.5. The van der Waals surface area contributed by atoms with Crippen LogP contribution in [0.15, 0.2) is 11.6 Å². The van der Waals surface area contributed by atoms with Crippen molar-refractivity contribution in [3.8, 4) is 0 Å². The van der Waals surface area contributed by atoms with E-state index < -0.39 is 40.1 Å². The minimum Gasteiger partial charge on any atom is -0.726 e. The number of hydrogen-bond acceptors (Lipinski definition) is 8. The topological polar surface area (TPSA) is 147 Å². The summed E-state index contributed by atoms with van der Waals surface area (Å²) in [6, 6.07) is 0. The molecule has 10 atom stereocenters. The SMILES string of the molecule is C[C@H](CCC(=O)[O-])[C@H]1CC[C@H]2[C@@H]3[C@H](O)C=C4C[C@@H](OS(=O)(=O)[O-])CC[C@]4(C)[C@H]3C[C@H](O)[C@]12C.[Na+].[Na+]. The van der Waals surface area contributed by atoms with Gasteiger partial charge in [0.15, 0.2) is 0 Å². The van der Waals surface area contributed by atoms with Crippen LogP contribution in [-0.4, -0.2) is 47.5 Å². The molecule has 35 heavy (non-hydrogen) atoms. The van der Waals surface area contributed by atoms with Crippen molar-refractivity contribution < 1.29 is 96.4 Å². The number of fused-ring (bicyclic) bond motifs is 5. The third-order valence-corrected chi connectivity index (χ3v) is 10.5. The van der Waals surface area contributed by atoms with E-state index in [0.717, 1.165) is 18.4 Å². The van der Waals surface area contributed by atoms with Gasteiger partial charge in [-0.3, -0.25) is 4.18 Å². The third-order valence-electron chi connectivity index (χ3n) is 10.0. The van der Waals surface area contributed by atoms with E-state index >= 15 is 0 Å². The molecular weight excluding hydrogens is 494 g/mol. The number of hydrogen-bond donors (Lipinski definition) is 2. The number of carboxylic acids is 1. The zero-order valence-electron chi connectivity index (χ0n) is 21.6. The predicted octanol–water partition coefficient (Wildman–Crippen LogP) is -4.47. The molecule has 3 saturated carbocycles. The summed E-state index contributed by atoms with van der Waals surface area (Å²) in [6.07, 6.45) is 4.06. The van der Waals surface area contributed by atoms with Crippen LogP contribution in [0.5, 0.6) is 0 Å². The first-order valence-electron chi connectivity index (χ1n) is 12.2. The molecule has 0 aliphatic heterocycles. The van der Waals surface area contributed by atoms with E-state index in [2.05, 4.69) is 20.8 Å². The Morgan fingerprint density at radius 3 is 2.46 bits per heavy atom. The van der Waals surface area contributed by atoms with Gasteiger partial charge < -0.3 is 24.7 Å². The second-order valence-electron chi connectivity index (χ2n) is 11.4. The number of aliphatic hydroxyl groups is 2. The first-order chi connectivity index (χ1) is 15.3. The van der Waals surface area contributed by atoms with Crippen LogP contribution in [0.2, 0.25) is 0 Å². The minimum atomic E-state index is -4.79. The van der Waals surface area contributed by atoms with Crippen molar-refractivity contribution in [3.63, 3.8) is 0 Å². The number of carbonyl (C=O) groups excluding carboxylic acids is 1. The van der Waals surface area contributed by atoms with Gasteiger partial charge in [0.05, 0.1) is 18.3 Å². The average Bonchev–Trinajstić information content (AvgIpc) is 3.05. The minimum absolute atomic E-state index is 0. The fourth-order valence-corrected chi connectivity index (χ4v) is 8.84. The zero-order valence-corrected chi connectivity index (χ0v) is 26.4. The van der Waals surface area contributed by atoms with E-state index in [4.69, 9.17) is 4.18 Å². The largest absolute Gasteiger partial charge is 1.00 e. The first kappa shape index (κ1) is 32.2. The molecule has 0 aromatic heterocycles. The van der Waals surface area contributed by atoms with Gasteiger partial charge >= 0.3 is 59.1 Å². The number of rotatable bonds is 6. The molecule has 0 unspecified atom stereocenters. The molecule has 0 amide bonds. The molecule has 0 aromatic carbocycles. The summed E-state index contributed by atoms with van der Waals surface area (Å²) in [7, 11) is -4.79. The first-order valence-corrected chi connectivity index (χ1v) is 13.5. The normalized spacial score (nSPS) is 43.4.